The quantitative estimate of drug-likeness (QED) is 0.207. The zero-order valence-electron chi connectivity index (χ0n) is 26.6. The van der Waals surface area contributed by atoms with Gasteiger partial charge in [0.15, 0.2) is 5.65 Å². The zero-order chi connectivity index (χ0) is 37.6. The van der Waals surface area contributed by atoms with Crippen LogP contribution in [0.4, 0.5) is 32.2 Å². The minimum Gasteiger partial charge on any atom is -0.493 e. The van der Waals surface area contributed by atoms with E-state index in [2.05, 4.69) is 15.0 Å². The number of aryl methyl sites for hydroxylation is 1. The van der Waals surface area contributed by atoms with E-state index < -0.39 is 24.3 Å². The Morgan fingerprint density at radius 2 is 1.57 bits per heavy atom. The van der Waals surface area contributed by atoms with Gasteiger partial charge >= 0.3 is 24.3 Å². The molecule has 0 aliphatic rings. The van der Waals surface area contributed by atoms with Crippen molar-refractivity contribution in [3.8, 4) is 17.0 Å². The van der Waals surface area contributed by atoms with Gasteiger partial charge in [-0.3, -0.25) is 9.78 Å². The van der Waals surface area contributed by atoms with Crippen LogP contribution in [0.25, 0.3) is 22.3 Å². The smallest absolute Gasteiger partial charge is 0.490 e. The fraction of sp³-hybridized carbons (Fsp3) is 0.345. The van der Waals surface area contributed by atoms with Crippen LogP contribution in [-0.4, -0.2) is 90.7 Å². The molecule has 0 aliphatic heterocycles. The van der Waals surface area contributed by atoms with E-state index >= 15 is 0 Å². The topological polar surface area (TPSA) is 187 Å². The van der Waals surface area contributed by atoms with Crippen LogP contribution < -0.4 is 10.5 Å². The van der Waals surface area contributed by atoms with Gasteiger partial charge in [0.2, 0.25) is 0 Å². The number of carboxylic acid groups (broad SMARTS) is 2. The number of nitrogen functional groups attached to an aromatic ring is 1. The number of halogens is 7. The van der Waals surface area contributed by atoms with Gasteiger partial charge in [0.1, 0.15) is 17.9 Å². The number of alkyl halides is 6. The summed E-state index contributed by atoms with van der Waals surface area (Å²) < 4.78 is 71.5. The minimum atomic E-state index is -5.08. The highest BCUT2D eigenvalue weighted by Crippen LogP contribution is 2.43. The summed E-state index contributed by atoms with van der Waals surface area (Å²) in [6.07, 6.45) is -7.17. The second kappa shape index (κ2) is 15.8. The molecule has 0 radical (unpaired) electrons. The van der Waals surface area contributed by atoms with Crippen LogP contribution in [0.1, 0.15) is 47.1 Å². The van der Waals surface area contributed by atoms with Gasteiger partial charge in [-0.05, 0) is 51.5 Å². The van der Waals surface area contributed by atoms with E-state index in [1.165, 1.54) is 11.2 Å². The maximum atomic E-state index is 12.3. The Morgan fingerprint density at radius 1 is 1.02 bits per heavy atom. The molecule has 0 saturated heterocycles. The van der Waals surface area contributed by atoms with Crippen LogP contribution >= 0.6 is 11.6 Å². The Balaban J connectivity index is 0.000000500. The number of hydrogen-bond donors (Lipinski definition) is 3. The number of carbonyl (C=O) groups excluding carboxylic acids is 1. The maximum absolute atomic E-state index is 12.3. The largest absolute Gasteiger partial charge is 0.493 e. The molecule has 13 nitrogen and oxygen atoms in total. The van der Waals surface area contributed by atoms with Gasteiger partial charge in [-0.25, -0.2) is 24.2 Å². The Labute approximate surface area is 279 Å². The number of hydrogen-bond acceptors (Lipinski definition) is 9. The number of nitrogens with two attached hydrogens (primary N) is 1. The van der Waals surface area contributed by atoms with Crippen molar-refractivity contribution in [1.82, 2.24) is 29.6 Å². The predicted octanol–water partition coefficient (Wildman–Crippen LogP) is 5.72. The second-order valence-corrected chi connectivity index (χ2v) is 10.5. The number of carboxylic acids is 2. The number of aliphatic carboxylic acids is 2. The summed E-state index contributed by atoms with van der Waals surface area (Å²) in [5, 5.41) is 20.3. The summed E-state index contributed by atoms with van der Waals surface area (Å²) in [5.74, 6) is -4.59. The number of amides is 1. The van der Waals surface area contributed by atoms with Crippen molar-refractivity contribution in [1.29, 1.82) is 0 Å². The molecule has 0 aliphatic carbocycles. The molecular formula is C29H30ClF6N7O6. The summed E-state index contributed by atoms with van der Waals surface area (Å²) in [6.45, 7) is 8.18. The number of pyridine rings is 1. The molecule has 1 amide bonds. The van der Waals surface area contributed by atoms with Gasteiger partial charge in [-0.1, -0.05) is 11.6 Å². The molecule has 1 unspecified atom stereocenters. The molecule has 0 bridgehead atoms. The van der Waals surface area contributed by atoms with Gasteiger partial charge in [-0.2, -0.15) is 31.4 Å². The highest BCUT2D eigenvalue weighted by Gasteiger charge is 2.39. The second-order valence-electron chi connectivity index (χ2n) is 10.1. The molecule has 3 heterocycles. The molecule has 1 atom stereocenters. The van der Waals surface area contributed by atoms with E-state index in [9.17, 15) is 31.1 Å². The summed E-state index contributed by atoms with van der Waals surface area (Å²) in [7, 11) is 3.41. The lowest BCUT2D eigenvalue weighted by Crippen LogP contribution is -2.21. The molecule has 266 valence electrons. The Kier molecular flexibility index (Phi) is 12.9. The van der Waals surface area contributed by atoms with Crippen LogP contribution in [0.2, 0.25) is 5.02 Å². The third-order valence-electron chi connectivity index (χ3n) is 6.46. The van der Waals surface area contributed by atoms with Gasteiger partial charge < -0.3 is 25.6 Å². The Bertz CT molecular complexity index is 1810. The number of carbonyl (C=O) groups is 3. The zero-order valence-corrected chi connectivity index (χ0v) is 27.4. The van der Waals surface area contributed by atoms with Crippen LogP contribution in [0, 0.1) is 13.8 Å². The molecular weight excluding hydrogens is 692 g/mol. The summed E-state index contributed by atoms with van der Waals surface area (Å²) in [5.41, 5.74) is 11.1. The number of aromatic nitrogens is 5. The number of nitrogens with zero attached hydrogens (tertiary/aromatic N) is 6. The van der Waals surface area contributed by atoms with Crippen molar-refractivity contribution in [2.24, 2.45) is 0 Å². The van der Waals surface area contributed by atoms with Crippen molar-refractivity contribution in [3.05, 3.63) is 58.1 Å². The summed E-state index contributed by atoms with van der Waals surface area (Å²) in [4.78, 5) is 44.8. The minimum absolute atomic E-state index is 0.117. The average molecular weight is 722 g/mol. The molecule has 3 aromatic heterocycles. The monoisotopic (exact) mass is 721 g/mol. The highest BCUT2D eigenvalue weighted by molar-refractivity contribution is 6.32. The third-order valence-corrected chi connectivity index (χ3v) is 6.85. The van der Waals surface area contributed by atoms with Gasteiger partial charge in [-0.15, -0.1) is 0 Å². The van der Waals surface area contributed by atoms with Crippen molar-refractivity contribution in [2.45, 2.75) is 46.1 Å². The van der Waals surface area contributed by atoms with Crippen LogP contribution in [0.3, 0.4) is 0 Å². The van der Waals surface area contributed by atoms with Crippen molar-refractivity contribution >= 4 is 46.3 Å². The number of benzene rings is 1. The molecule has 4 aromatic rings. The molecule has 1 aromatic carbocycles. The van der Waals surface area contributed by atoms with E-state index in [1.54, 1.807) is 26.4 Å². The standard InChI is InChI=1S/C25H28ClN7O2.2C2HF3O2/c1-7-35-22-17(15(4)33-24-21(14(3)31-33)23(27)29-12-30-24)10-18(26)13(2)20(22)19-9-8-16(11-28-19)25(34)32(5)6;2*3-2(4,5)1(6)7/h8-12,15H,7H2,1-6H3,(H2,27,29,30);2*(H,6,7). The normalized spacial score (nSPS) is 11.9. The predicted molar refractivity (Wildman–Crippen MR) is 164 cm³/mol. The van der Waals surface area contributed by atoms with E-state index in [0.717, 1.165) is 27.8 Å². The van der Waals surface area contributed by atoms with Gasteiger partial charge in [0.05, 0.1) is 35.0 Å². The molecule has 49 heavy (non-hydrogen) atoms. The first-order valence-corrected chi connectivity index (χ1v) is 14.1. The lowest BCUT2D eigenvalue weighted by Gasteiger charge is -2.23. The van der Waals surface area contributed by atoms with Crippen LogP contribution in [-0.2, 0) is 9.59 Å². The maximum Gasteiger partial charge on any atom is 0.490 e. The highest BCUT2D eigenvalue weighted by atomic mass is 35.5. The lowest BCUT2D eigenvalue weighted by molar-refractivity contribution is -0.193. The SMILES string of the molecule is CCOc1c(C(C)n2nc(C)c3c(N)ncnc32)cc(Cl)c(C)c1-c1ccc(C(=O)N(C)C)cn1.O=C(O)C(F)(F)F.O=C(O)C(F)(F)F. The number of rotatable bonds is 6. The molecule has 4 rings (SSSR count). The first kappa shape index (κ1) is 40.0. The Morgan fingerprint density at radius 3 is 2.02 bits per heavy atom. The number of fused-ring (bicyclic) bond motifs is 1. The summed E-state index contributed by atoms with van der Waals surface area (Å²) >= 11 is 6.73. The van der Waals surface area contributed by atoms with Crippen LogP contribution in [0.15, 0.2) is 30.7 Å². The fourth-order valence-corrected chi connectivity index (χ4v) is 4.37. The van der Waals surface area contributed by atoms with Crippen molar-refractivity contribution in [2.75, 3.05) is 26.4 Å². The van der Waals surface area contributed by atoms with E-state index in [-0.39, 0.29) is 11.9 Å². The van der Waals surface area contributed by atoms with Gasteiger partial charge in [0.25, 0.3) is 5.91 Å². The Hall–Kier alpha value is -5.20. The summed E-state index contributed by atoms with van der Waals surface area (Å²) in [6, 6.07) is 5.18. The average Bonchev–Trinajstić information content (AvgIpc) is 3.35. The molecule has 4 N–H and O–H groups in total. The van der Waals surface area contributed by atoms with Crippen molar-refractivity contribution < 1.29 is 55.7 Å². The van der Waals surface area contributed by atoms with E-state index in [1.807, 2.05) is 44.5 Å². The van der Waals surface area contributed by atoms with Gasteiger partial charge in [0, 0.05) is 36.4 Å². The lowest BCUT2D eigenvalue weighted by atomic mass is 9.96. The first-order chi connectivity index (χ1) is 22.5. The first-order valence-electron chi connectivity index (χ1n) is 13.7. The molecule has 0 spiro atoms. The number of anilines is 1. The third kappa shape index (κ3) is 9.68. The fourth-order valence-electron chi connectivity index (χ4n) is 4.16. The van der Waals surface area contributed by atoms with E-state index in [4.69, 9.17) is 47.0 Å². The molecule has 0 saturated carbocycles. The molecule has 0 fully saturated rings. The number of ether oxygens (including phenoxy) is 1. The van der Waals surface area contributed by atoms with E-state index in [0.29, 0.717) is 40.1 Å². The van der Waals surface area contributed by atoms with Crippen molar-refractivity contribution in [3.63, 3.8) is 0 Å². The molecule has 20 heteroatoms. The van der Waals surface area contributed by atoms with Crippen LogP contribution in [0.5, 0.6) is 5.75 Å².